The molecule has 0 unspecified atom stereocenters. The third-order valence-electron chi connectivity index (χ3n) is 3.70. The molecule has 0 bridgehead atoms. The highest BCUT2D eigenvalue weighted by Crippen LogP contribution is 2.33. The van der Waals surface area contributed by atoms with Crippen molar-refractivity contribution in [2.45, 2.75) is 11.3 Å². The predicted octanol–water partition coefficient (Wildman–Crippen LogP) is 3.40. The van der Waals surface area contributed by atoms with E-state index in [2.05, 4.69) is 10.1 Å². The molecule has 6 heteroatoms. The molecule has 0 aromatic heterocycles. The van der Waals surface area contributed by atoms with Gasteiger partial charge in [0, 0.05) is 28.3 Å². The van der Waals surface area contributed by atoms with Gasteiger partial charge in [-0.2, -0.15) is 0 Å². The van der Waals surface area contributed by atoms with E-state index in [4.69, 9.17) is 0 Å². The average molecular weight is 341 g/mol. The Morgan fingerprint density at radius 1 is 1.12 bits per heavy atom. The molecule has 2 aromatic rings. The fourth-order valence-corrected chi connectivity index (χ4v) is 3.62. The first-order chi connectivity index (χ1) is 11.6. The van der Waals surface area contributed by atoms with Gasteiger partial charge in [-0.15, -0.1) is 11.8 Å². The number of esters is 1. The highest BCUT2D eigenvalue weighted by Gasteiger charge is 2.23. The number of benzene rings is 2. The second-order valence-electron chi connectivity index (χ2n) is 5.23. The number of nitrogens with one attached hydrogen (secondary N) is 1. The Bertz CT molecular complexity index is 814. The van der Waals surface area contributed by atoms with Crippen LogP contribution >= 0.6 is 11.8 Å². The van der Waals surface area contributed by atoms with Crippen molar-refractivity contribution in [3.05, 3.63) is 59.2 Å². The maximum atomic E-state index is 12.5. The van der Waals surface area contributed by atoms with Gasteiger partial charge in [0.15, 0.2) is 5.78 Å². The second kappa shape index (κ2) is 6.88. The number of fused-ring (bicyclic) bond motifs is 1. The fraction of sp³-hybridized carbons (Fsp3) is 0.167. The van der Waals surface area contributed by atoms with Crippen LogP contribution in [0.2, 0.25) is 0 Å². The predicted molar refractivity (Wildman–Crippen MR) is 91.8 cm³/mol. The zero-order chi connectivity index (χ0) is 17.1. The molecule has 1 aliphatic rings. The zero-order valence-electron chi connectivity index (χ0n) is 13.0. The van der Waals surface area contributed by atoms with Crippen LogP contribution in [0.4, 0.5) is 5.69 Å². The molecule has 2 aromatic carbocycles. The molecule has 0 radical (unpaired) electrons. The van der Waals surface area contributed by atoms with E-state index < -0.39 is 5.97 Å². The topological polar surface area (TPSA) is 72.5 Å². The summed E-state index contributed by atoms with van der Waals surface area (Å²) in [6.07, 6.45) is 0.498. The molecule has 0 saturated heterocycles. The van der Waals surface area contributed by atoms with Crippen molar-refractivity contribution >= 4 is 35.1 Å². The highest BCUT2D eigenvalue weighted by atomic mass is 32.2. The van der Waals surface area contributed by atoms with E-state index in [-0.39, 0.29) is 11.7 Å². The van der Waals surface area contributed by atoms with Crippen LogP contribution in [0.15, 0.2) is 47.4 Å². The number of methoxy groups -OCH3 is 1. The minimum Gasteiger partial charge on any atom is -0.465 e. The summed E-state index contributed by atoms with van der Waals surface area (Å²) in [5.41, 5.74) is 2.08. The quantitative estimate of drug-likeness (QED) is 0.866. The molecule has 1 N–H and O–H groups in total. The molecular formula is C18H15NO4S. The van der Waals surface area contributed by atoms with Crippen molar-refractivity contribution in [2.75, 3.05) is 18.2 Å². The summed E-state index contributed by atoms with van der Waals surface area (Å²) in [6, 6.07) is 11.6. The van der Waals surface area contributed by atoms with E-state index in [1.54, 1.807) is 42.5 Å². The van der Waals surface area contributed by atoms with Crippen LogP contribution in [0.25, 0.3) is 0 Å². The monoisotopic (exact) mass is 341 g/mol. The van der Waals surface area contributed by atoms with E-state index in [0.29, 0.717) is 34.6 Å². The van der Waals surface area contributed by atoms with Gasteiger partial charge < -0.3 is 10.1 Å². The normalized spacial score (nSPS) is 13.1. The number of carbonyl (C=O) groups is 3. The van der Waals surface area contributed by atoms with Gasteiger partial charge in [0.05, 0.1) is 18.2 Å². The Balaban J connectivity index is 1.82. The summed E-state index contributed by atoms with van der Waals surface area (Å²) in [6.45, 7) is 0. The maximum absolute atomic E-state index is 12.5. The number of amides is 1. The Morgan fingerprint density at radius 2 is 1.88 bits per heavy atom. The maximum Gasteiger partial charge on any atom is 0.337 e. The van der Waals surface area contributed by atoms with Gasteiger partial charge in [-0.25, -0.2) is 4.79 Å². The second-order valence-corrected chi connectivity index (χ2v) is 6.33. The summed E-state index contributed by atoms with van der Waals surface area (Å²) >= 11 is 1.52. The summed E-state index contributed by atoms with van der Waals surface area (Å²) in [5, 5.41) is 2.79. The largest absolute Gasteiger partial charge is 0.465 e. The Labute approximate surface area is 143 Å². The highest BCUT2D eigenvalue weighted by molar-refractivity contribution is 7.99. The molecule has 1 amide bonds. The molecule has 5 nitrogen and oxygen atoms in total. The van der Waals surface area contributed by atoms with Crippen LogP contribution in [-0.2, 0) is 4.74 Å². The molecule has 0 aliphatic carbocycles. The van der Waals surface area contributed by atoms with Crippen LogP contribution in [0.1, 0.15) is 37.5 Å². The van der Waals surface area contributed by atoms with Crippen LogP contribution in [-0.4, -0.2) is 30.5 Å². The number of hydrogen-bond acceptors (Lipinski definition) is 5. The summed E-state index contributed by atoms with van der Waals surface area (Å²) in [5.74, 6) is 0.0462. The van der Waals surface area contributed by atoms with E-state index >= 15 is 0 Å². The van der Waals surface area contributed by atoms with E-state index in [1.807, 2.05) is 0 Å². The number of carbonyl (C=O) groups excluding carboxylic acids is 3. The number of thioether (sulfide) groups is 1. The zero-order valence-corrected chi connectivity index (χ0v) is 13.8. The fourth-order valence-electron chi connectivity index (χ4n) is 2.48. The average Bonchev–Trinajstić information content (AvgIpc) is 2.61. The van der Waals surface area contributed by atoms with Crippen molar-refractivity contribution in [3.63, 3.8) is 0 Å². The molecule has 1 heterocycles. The lowest BCUT2D eigenvalue weighted by Gasteiger charge is -2.17. The van der Waals surface area contributed by atoms with Gasteiger partial charge in [-0.05, 0) is 30.3 Å². The lowest BCUT2D eigenvalue weighted by molar-refractivity contribution is 0.0600. The molecule has 3 rings (SSSR count). The van der Waals surface area contributed by atoms with Gasteiger partial charge >= 0.3 is 5.97 Å². The van der Waals surface area contributed by atoms with Crippen molar-refractivity contribution in [1.29, 1.82) is 0 Å². The van der Waals surface area contributed by atoms with E-state index in [1.165, 1.54) is 18.9 Å². The number of hydrogen-bond donors (Lipinski definition) is 1. The summed E-state index contributed by atoms with van der Waals surface area (Å²) in [4.78, 5) is 36.6. The molecule has 24 heavy (non-hydrogen) atoms. The van der Waals surface area contributed by atoms with Crippen molar-refractivity contribution < 1.29 is 19.1 Å². The summed E-state index contributed by atoms with van der Waals surface area (Å²) in [7, 11) is 1.32. The Kier molecular flexibility index (Phi) is 4.66. The molecule has 0 atom stereocenters. The number of anilines is 1. The minimum atomic E-state index is -0.431. The van der Waals surface area contributed by atoms with Gasteiger partial charge in [-0.1, -0.05) is 12.1 Å². The van der Waals surface area contributed by atoms with Crippen molar-refractivity contribution in [2.24, 2.45) is 0 Å². The first-order valence-electron chi connectivity index (χ1n) is 7.39. The van der Waals surface area contributed by atoms with Crippen molar-refractivity contribution in [3.8, 4) is 0 Å². The number of rotatable bonds is 3. The lowest BCUT2D eigenvalue weighted by Crippen LogP contribution is -2.17. The van der Waals surface area contributed by atoms with E-state index in [0.717, 1.165) is 4.90 Å². The third kappa shape index (κ3) is 3.19. The first-order valence-corrected chi connectivity index (χ1v) is 8.37. The van der Waals surface area contributed by atoms with Gasteiger partial charge in [-0.3, -0.25) is 9.59 Å². The van der Waals surface area contributed by atoms with Crippen molar-refractivity contribution in [1.82, 2.24) is 0 Å². The number of ketones is 1. The molecule has 0 spiro atoms. The molecular weight excluding hydrogens is 326 g/mol. The van der Waals surface area contributed by atoms with Crippen LogP contribution in [0.5, 0.6) is 0 Å². The standard InChI is InChI=1S/C18H15NO4S/c1-23-18(22)11-5-7-12(8-6-11)19-17(21)14-4-2-3-13-15(20)9-10-24-16(13)14/h2-8H,9-10H2,1H3,(H,19,21). The van der Waals surface area contributed by atoms with Crippen LogP contribution < -0.4 is 5.32 Å². The number of Topliss-reactive ketones (excluding diaryl/α,β-unsaturated/α-hetero) is 1. The van der Waals surface area contributed by atoms with E-state index in [9.17, 15) is 14.4 Å². The first kappa shape index (κ1) is 16.3. The Hall–Kier alpha value is -2.60. The molecule has 122 valence electrons. The van der Waals surface area contributed by atoms with Crippen LogP contribution in [0.3, 0.4) is 0 Å². The smallest absolute Gasteiger partial charge is 0.337 e. The van der Waals surface area contributed by atoms with Gasteiger partial charge in [0.1, 0.15) is 0 Å². The minimum absolute atomic E-state index is 0.0702. The Morgan fingerprint density at radius 3 is 2.58 bits per heavy atom. The SMILES string of the molecule is COC(=O)c1ccc(NC(=O)c2cccc3c2SCCC3=O)cc1. The third-order valence-corrected chi connectivity index (χ3v) is 4.84. The summed E-state index contributed by atoms with van der Waals surface area (Å²) < 4.78 is 4.64. The molecule has 0 fully saturated rings. The van der Waals surface area contributed by atoms with Gasteiger partial charge in [0.2, 0.25) is 0 Å². The number of ether oxygens (including phenoxy) is 1. The molecule has 0 saturated carbocycles. The lowest BCUT2D eigenvalue weighted by atomic mass is 10.0. The van der Waals surface area contributed by atoms with Gasteiger partial charge in [0.25, 0.3) is 5.91 Å². The van der Waals surface area contributed by atoms with Crippen LogP contribution in [0, 0.1) is 0 Å². The molecule has 1 aliphatic heterocycles.